The van der Waals surface area contributed by atoms with Crippen molar-refractivity contribution in [1.29, 1.82) is 0 Å². The quantitative estimate of drug-likeness (QED) is 0.555. The van der Waals surface area contributed by atoms with Crippen molar-refractivity contribution in [3.63, 3.8) is 0 Å². The van der Waals surface area contributed by atoms with Crippen LogP contribution in [0.3, 0.4) is 0 Å². The first-order valence-corrected chi connectivity index (χ1v) is 12.5. The minimum atomic E-state index is -1.20. The molecular formula is C24H29ClF2N4O5. The number of oxime groups is 1. The van der Waals surface area contributed by atoms with Crippen LogP contribution in [0.2, 0.25) is 5.02 Å². The molecular weight excluding hydrogens is 498 g/mol. The highest BCUT2D eigenvalue weighted by Gasteiger charge is 2.49. The number of ether oxygens (including phenoxy) is 2. The molecule has 0 bridgehead atoms. The zero-order valence-electron chi connectivity index (χ0n) is 19.8. The van der Waals surface area contributed by atoms with Crippen LogP contribution in [0.1, 0.15) is 51.0 Å². The van der Waals surface area contributed by atoms with Crippen LogP contribution in [-0.2, 0) is 14.3 Å². The van der Waals surface area contributed by atoms with Crippen molar-refractivity contribution < 1.29 is 33.3 Å². The summed E-state index contributed by atoms with van der Waals surface area (Å²) in [6, 6.07) is 1.72. The Morgan fingerprint density at radius 3 is 2.69 bits per heavy atom. The van der Waals surface area contributed by atoms with Gasteiger partial charge in [0.05, 0.1) is 29.6 Å². The number of aliphatic hydroxyl groups is 2. The molecule has 0 radical (unpaired) electrons. The van der Waals surface area contributed by atoms with Crippen molar-refractivity contribution in [2.75, 3.05) is 13.7 Å². The Morgan fingerprint density at radius 1 is 1.19 bits per heavy atom. The van der Waals surface area contributed by atoms with Gasteiger partial charge in [0.2, 0.25) is 0 Å². The van der Waals surface area contributed by atoms with Crippen LogP contribution < -0.4 is 0 Å². The van der Waals surface area contributed by atoms with Crippen LogP contribution in [0.25, 0.3) is 11.3 Å². The van der Waals surface area contributed by atoms with Crippen molar-refractivity contribution >= 4 is 17.3 Å². The summed E-state index contributed by atoms with van der Waals surface area (Å²) in [5, 5.41) is 33.0. The van der Waals surface area contributed by atoms with Gasteiger partial charge in [0.1, 0.15) is 35.6 Å². The van der Waals surface area contributed by atoms with Crippen molar-refractivity contribution in [1.82, 2.24) is 15.0 Å². The number of rotatable bonds is 6. The summed E-state index contributed by atoms with van der Waals surface area (Å²) in [6.07, 6.45) is 4.43. The topological polar surface area (TPSA) is 111 Å². The zero-order chi connectivity index (χ0) is 25.4. The van der Waals surface area contributed by atoms with Crippen LogP contribution in [0.4, 0.5) is 8.78 Å². The normalized spacial score (nSPS) is 29.8. The molecule has 0 amide bonds. The highest BCUT2D eigenvalue weighted by Crippen LogP contribution is 2.41. The minimum absolute atomic E-state index is 0.0570. The standard InChI is InChI=1S/C24H29ClF2N4O5/c1-34-23-17(9-13-10-24(36-29-13)7-3-2-4-8-24)35-18(12-32)22(33)21(23)31-11-16(28-30-31)14-5-6-15(25)20(27)19(14)26/h5-6,11,17-18,21-23,32-33H,2-4,7-10,12H2,1H3. The zero-order valence-corrected chi connectivity index (χ0v) is 20.6. The molecule has 2 N–H and O–H groups in total. The summed E-state index contributed by atoms with van der Waals surface area (Å²) in [5.41, 5.74) is 0.526. The summed E-state index contributed by atoms with van der Waals surface area (Å²) >= 11 is 5.66. The second-order valence-electron chi connectivity index (χ2n) is 9.76. The van der Waals surface area contributed by atoms with Gasteiger partial charge in [0.15, 0.2) is 11.6 Å². The molecule has 2 fully saturated rings. The van der Waals surface area contributed by atoms with Crippen LogP contribution in [0, 0.1) is 11.6 Å². The van der Waals surface area contributed by atoms with Crippen LogP contribution in [0.15, 0.2) is 23.5 Å². The molecule has 36 heavy (non-hydrogen) atoms. The molecule has 5 rings (SSSR count). The number of hydrogen-bond acceptors (Lipinski definition) is 8. The number of aliphatic hydroxyl groups excluding tert-OH is 2. The Kier molecular flexibility index (Phi) is 7.28. The molecule has 3 heterocycles. The molecule has 5 unspecified atom stereocenters. The van der Waals surface area contributed by atoms with Gasteiger partial charge in [0.25, 0.3) is 0 Å². The summed E-state index contributed by atoms with van der Waals surface area (Å²) in [4.78, 5) is 5.86. The Bertz CT molecular complexity index is 1130. The Morgan fingerprint density at radius 2 is 1.97 bits per heavy atom. The Hall–Kier alpha value is -2.18. The molecule has 1 aromatic heterocycles. The van der Waals surface area contributed by atoms with E-state index in [9.17, 15) is 19.0 Å². The maximum Gasteiger partial charge on any atom is 0.178 e. The summed E-state index contributed by atoms with van der Waals surface area (Å²) in [7, 11) is 1.49. The third kappa shape index (κ3) is 4.63. The lowest BCUT2D eigenvalue weighted by Crippen LogP contribution is -2.57. The van der Waals surface area contributed by atoms with E-state index in [1.54, 1.807) is 0 Å². The van der Waals surface area contributed by atoms with E-state index in [0.29, 0.717) is 12.8 Å². The predicted molar refractivity (Wildman–Crippen MR) is 126 cm³/mol. The van der Waals surface area contributed by atoms with E-state index in [4.69, 9.17) is 25.9 Å². The number of benzene rings is 1. The van der Waals surface area contributed by atoms with Crippen molar-refractivity contribution in [2.24, 2.45) is 5.16 Å². The molecule has 3 aliphatic rings. The molecule has 1 saturated heterocycles. The molecule has 1 aromatic carbocycles. The van der Waals surface area contributed by atoms with Gasteiger partial charge in [0, 0.05) is 25.5 Å². The first-order chi connectivity index (χ1) is 17.4. The predicted octanol–water partition coefficient (Wildman–Crippen LogP) is 3.42. The smallest absolute Gasteiger partial charge is 0.178 e. The Balaban J connectivity index is 1.40. The van der Waals surface area contributed by atoms with Crippen molar-refractivity contribution in [3.05, 3.63) is 35.0 Å². The average molecular weight is 527 g/mol. The fraction of sp³-hybridized carbons (Fsp3) is 0.625. The van der Waals surface area contributed by atoms with Gasteiger partial charge in [-0.15, -0.1) is 5.10 Å². The molecule has 1 saturated carbocycles. The molecule has 1 spiro atoms. The van der Waals surface area contributed by atoms with Gasteiger partial charge >= 0.3 is 0 Å². The summed E-state index contributed by atoms with van der Waals surface area (Å²) in [6.45, 7) is -0.434. The number of methoxy groups -OCH3 is 1. The first-order valence-electron chi connectivity index (χ1n) is 12.1. The van der Waals surface area contributed by atoms with E-state index >= 15 is 0 Å². The number of nitrogens with zero attached hydrogens (tertiary/aromatic N) is 4. The lowest BCUT2D eigenvalue weighted by molar-refractivity contribution is -0.210. The van der Waals surface area contributed by atoms with E-state index < -0.39 is 48.7 Å². The minimum Gasteiger partial charge on any atom is -0.394 e. The van der Waals surface area contributed by atoms with E-state index in [1.165, 1.54) is 36.5 Å². The fourth-order valence-electron chi connectivity index (χ4n) is 5.60. The fourth-order valence-corrected chi connectivity index (χ4v) is 5.75. The molecule has 9 nitrogen and oxygen atoms in total. The van der Waals surface area contributed by atoms with Crippen LogP contribution in [-0.4, -0.2) is 74.7 Å². The second-order valence-corrected chi connectivity index (χ2v) is 10.2. The second kappa shape index (κ2) is 10.3. The molecule has 5 atom stereocenters. The maximum atomic E-state index is 14.5. The van der Waals surface area contributed by atoms with Gasteiger partial charge in [-0.2, -0.15) is 0 Å². The average Bonchev–Trinajstić information content (AvgIpc) is 3.51. The van der Waals surface area contributed by atoms with E-state index in [1.807, 2.05) is 0 Å². The molecule has 2 aromatic rings. The monoisotopic (exact) mass is 526 g/mol. The van der Waals surface area contributed by atoms with Crippen molar-refractivity contribution in [2.45, 2.75) is 81.0 Å². The maximum absolute atomic E-state index is 14.5. The van der Waals surface area contributed by atoms with Gasteiger partial charge in [-0.3, -0.25) is 0 Å². The van der Waals surface area contributed by atoms with Gasteiger partial charge in [-0.1, -0.05) is 28.4 Å². The molecule has 1 aliphatic carbocycles. The van der Waals surface area contributed by atoms with Crippen molar-refractivity contribution in [3.8, 4) is 11.3 Å². The van der Waals surface area contributed by atoms with Gasteiger partial charge in [-0.05, 0) is 37.8 Å². The van der Waals surface area contributed by atoms with Crippen LogP contribution in [0.5, 0.6) is 0 Å². The van der Waals surface area contributed by atoms with Gasteiger partial charge in [-0.25, -0.2) is 13.5 Å². The SMILES string of the molecule is COC1C(CC2=NOC3(CCCCC3)C2)OC(CO)C(O)C1n1cc(-c2ccc(Cl)c(F)c2F)nn1. The largest absolute Gasteiger partial charge is 0.394 e. The third-order valence-corrected chi connectivity index (χ3v) is 7.75. The number of aromatic nitrogens is 3. The summed E-state index contributed by atoms with van der Waals surface area (Å²) < 4.78 is 41.6. The van der Waals surface area contributed by atoms with E-state index in [0.717, 1.165) is 31.4 Å². The molecule has 12 heteroatoms. The first kappa shape index (κ1) is 25.5. The highest BCUT2D eigenvalue weighted by molar-refractivity contribution is 6.30. The highest BCUT2D eigenvalue weighted by atomic mass is 35.5. The number of hydrogen-bond donors (Lipinski definition) is 2. The lowest BCUT2D eigenvalue weighted by atomic mass is 9.80. The van der Waals surface area contributed by atoms with E-state index in [-0.39, 0.29) is 21.9 Å². The third-order valence-electron chi connectivity index (χ3n) is 7.46. The molecule has 196 valence electrons. The lowest BCUT2D eigenvalue weighted by Gasteiger charge is -2.43. The molecule has 2 aliphatic heterocycles. The Labute approximate surface area is 212 Å². The summed E-state index contributed by atoms with van der Waals surface area (Å²) in [5.74, 6) is -2.33. The van der Waals surface area contributed by atoms with E-state index in [2.05, 4.69) is 15.5 Å². The van der Waals surface area contributed by atoms with Crippen LogP contribution >= 0.6 is 11.6 Å². The number of halogens is 3. The van der Waals surface area contributed by atoms with Gasteiger partial charge < -0.3 is 24.5 Å².